The summed E-state index contributed by atoms with van der Waals surface area (Å²) in [6.07, 6.45) is 4.84. The van der Waals surface area contributed by atoms with Crippen molar-refractivity contribution in [3.05, 3.63) is 23.2 Å². The highest BCUT2D eigenvalue weighted by Gasteiger charge is 2.22. The number of carbonyl (C=O) groups is 1. The second kappa shape index (κ2) is 7.20. The van der Waals surface area contributed by atoms with Gasteiger partial charge in [0.05, 0.1) is 16.0 Å². The minimum atomic E-state index is 0.112. The number of amides is 1. The van der Waals surface area contributed by atoms with E-state index in [1.807, 2.05) is 18.2 Å². The number of thiazole rings is 1. The van der Waals surface area contributed by atoms with Crippen molar-refractivity contribution < 1.29 is 4.79 Å². The van der Waals surface area contributed by atoms with Gasteiger partial charge in [0.2, 0.25) is 5.91 Å². The first-order chi connectivity index (χ1) is 10.6. The second-order valence-electron chi connectivity index (χ2n) is 5.82. The lowest BCUT2D eigenvalue weighted by Crippen LogP contribution is -2.41. The molecular weight excluding hydrogens is 336 g/mol. The summed E-state index contributed by atoms with van der Waals surface area (Å²) in [4.78, 5) is 16.6. The molecule has 3 nitrogen and oxygen atoms in total. The number of nitrogens with one attached hydrogen (secondary N) is 1. The molecule has 118 valence electrons. The van der Waals surface area contributed by atoms with Gasteiger partial charge in [-0.1, -0.05) is 43.1 Å². The van der Waals surface area contributed by atoms with E-state index in [0.717, 1.165) is 21.0 Å². The number of thioether (sulfide) groups is 1. The number of halogens is 1. The highest BCUT2D eigenvalue weighted by atomic mass is 35.5. The molecule has 2 atom stereocenters. The Morgan fingerprint density at radius 2 is 2.27 bits per heavy atom. The molecule has 1 aliphatic carbocycles. The molecule has 0 spiro atoms. The third kappa shape index (κ3) is 3.94. The summed E-state index contributed by atoms with van der Waals surface area (Å²) in [7, 11) is 0. The molecular formula is C16H19ClN2OS2. The van der Waals surface area contributed by atoms with Gasteiger partial charge < -0.3 is 5.32 Å². The minimum Gasteiger partial charge on any atom is -0.352 e. The van der Waals surface area contributed by atoms with Crippen LogP contribution >= 0.6 is 34.7 Å². The molecule has 1 N–H and O–H groups in total. The zero-order chi connectivity index (χ0) is 15.5. The van der Waals surface area contributed by atoms with E-state index in [-0.39, 0.29) is 5.91 Å². The van der Waals surface area contributed by atoms with Crippen molar-refractivity contribution in [1.82, 2.24) is 10.3 Å². The highest BCUT2D eigenvalue weighted by molar-refractivity contribution is 8.01. The van der Waals surface area contributed by atoms with E-state index in [2.05, 4.69) is 17.2 Å². The largest absolute Gasteiger partial charge is 0.352 e. The lowest BCUT2D eigenvalue weighted by Gasteiger charge is -2.29. The molecule has 6 heteroatoms. The number of hydrogen-bond acceptors (Lipinski definition) is 4. The van der Waals surface area contributed by atoms with Gasteiger partial charge >= 0.3 is 0 Å². The molecule has 0 radical (unpaired) electrons. The molecule has 0 saturated heterocycles. The van der Waals surface area contributed by atoms with Crippen molar-refractivity contribution in [2.45, 2.75) is 43.0 Å². The van der Waals surface area contributed by atoms with Crippen LogP contribution in [0.15, 0.2) is 22.5 Å². The van der Waals surface area contributed by atoms with Crippen molar-refractivity contribution in [2.75, 3.05) is 5.75 Å². The average Bonchev–Trinajstić information content (AvgIpc) is 2.89. The zero-order valence-corrected chi connectivity index (χ0v) is 14.9. The Labute approximate surface area is 143 Å². The van der Waals surface area contributed by atoms with Crippen LogP contribution in [0, 0.1) is 5.92 Å². The lowest BCUT2D eigenvalue weighted by atomic mass is 9.86. The van der Waals surface area contributed by atoms with Crippen LogP contribution in [0.25, 0.3) is 10.2 Å². The van der Waals surface area contributed by atoms with E-state index >= 15 is 0 Å². The van der Waals surface area contributed by atoms with Crippen LogP contribution in [0.5, 0.6) is 0 Å². The fourth-order valence-electron chi connectivity index (χ4n) is 2.85. The third-order valence-corrected chi connectivity index (χ3v) is 6.53. The van der Waals surface area contributed by atoms with Gasteiger partial charge in [0.1, 0.15) is 0 Å². The fourth-order valence-corrected chi connectivity index (χ4v) is 4.87. The van der Waals surface area contributed by atoms with Gasteiger partial charge in [-0.25, -0.2) is 4.98 Å². The normalized spacial score (nSPS) is 21.9. The SMILES string of the molecule is C[C@H]1CCCC[C@@H]1NC(=O)CSc1nc2cc(Cl)ccc2s1. The summed E-state index contributed by atoms with van der Waals surface area (Å²) in [5, 5.41) is 3.87. The maximum absolute atomic E-state index is 12.1. The van der Waals surface area contributed by atoms with E-state index in [1.165, 1.54) is 31.0 Å². The molecule has 1 aromatic carbocycles. The minimum absolute atomic E-state index is 0.112. The van der Waals surface area contributed by atoms with Crippen LogP contribution in [-0.2, 0) is 4.79 Å². The number of fused-ring (bicyclic) bond motifs is 1. The predicted molar refractivity (Wildman–Crippen MR) is 94.9 cm³/mol. The summed E-state index contributed by atoms with van der Waals surface area (Å²) in [5.41, 5.74) is 0.904. The Morgan fingerprint density at radius 1 is 1.45 bits per heavy atom. The topological polar surface area (TPSA) is 42.0 Å². The van der Waals surface area contributed by atoms with Crippen LogP contribution in [-0.4, -0.2) is 22.7 Å². The van der Waals surface area contributed by atoms with Crippen LogP contribution in [0.3, 0.4) is 0 Å². The Morgan fingerprint density at radius 3 is 3.09 bits per heavy atom. The van der Waals surface area contributed by atoms with Crippen molar-refractivity contribution in [3.63, 3.8) is 0 Å². The van der Waals surface area contributed by atoms with Gasteiger partial charge in [-0.15, -0.1) is 11.3 Å². The van der Waals surface area contributed by atoms with Gasteiger partial charge in [0.15, 0.2) is 4.34 Å². The molecule has 0 aliphatic heterocycles. The molecule has 1 aliphatic rings. The molecule has 1 amide bonds. The van der Waals surface area contributed by atoms with E-state index in [9.17, 15) is 4.79 Å². The fraction of sp³-hybridized carbons (Fsp3) is 0.500. The maximum atomic E-state index is 12.1. The molecule has 1 saturated carbocycles. The Bertz CT molecular complexity index is 673. The summed E-state index contributed by atoms with van der Waals surface area (Å²) < 4.78 is 2.03. The van der Waals surface area contributed by atoms with Gasteiger partial charge in [0.25, 0.3) is 0 Å². The van der Waals surface area contributed by atoms with Gasteiger partial charge in [-0.2, -0.15) is 0 Å². The maximum Gasteiger partial charge on any atom is 0.230 e. The van der Waals surface area contributed by atoms with Crippen molar-refractivity contribution in [3.8, 4) is 0 Å². The van der Waals surface area contributed by atoms with Crippen molar-refractivity contribution in [2.24, 2.45) is 5.92 Å². The highest BCUT2D eigenvalue weighted by Crippen LogP contribution is 2.31. The van der Waals surface area contributed by atoms with Crippen molar-refractivity contribution in [1.29, 1.82) is 0 Å². The Hall–Kier alpha value is -0.780. The molecule has 0 bridgehead atoms. The number of nitrogens with zero attached hydrogens (tertiary/aromatic N) is 1. The molecule has 22 heavy (non-hydrogen) atoms. The average molecular weight is 355 g/mol. The van der Waals surface area contributed by atoms with Crippen LogP contribution in [0.2, 0.25) is 5.02 Å². The first-order valence-electron chi connectivity index (χ1n) is 7.60. The second-order valence-corrected chi connectivity index (χ2v) is 8.51. The number of hydrogen-bond donors (Lipinski definition) is 1. The molecule has 2 aromatic rings. The van der Waals surface area contributed by atoms with E-state index < -0.39 is 0 Å². The monoisotopic (exact) mass is 354 g/mol. The van der Waals surface area contributed by atoms with Crippen LogP contribution in [0.4, 0.5) is 0 Å². The molecule has 1 fully saturated rings. The quantitative estimate of drug-likeness (QED) is 0.806. The molecule has 1 heterocycles. The molecule has 1 aromatic heterocycles. The van der Waals surface area contributed by atoms with Gasteiger partial charge in [-0.05, 0) is 37.0 Å². The lowest BCUT2D eigenvalue weighted by molar-refractivity contribution is -0.119. The number of aromatic nitrogens is 1. The Kier molecular flexibility index (Phi) is 5.26. The van der Waals surface area contributed by atoms with E-state index in [1.54, 1.807) is 11.3 Å². The number of carbonyl (C=O) groups excluding carboxylic acids is 1. The van der Waals surface area contributed by atoms with Gasteiger partial charge in [0, 0.05) is 11.1 Å². The van der Waals surface area contributed by atoms with E-state index in [4.69, 9.17) is 11.6 Å². The first kappa shape index (κ1) is 16.1. The number of rotatable bonds is 4. The smallest absolute Gasteiger partial charge is 0.230 e. The zero-order valence-electron chi connectivity index (χ0n) is 12.5. The molecule has 3 rings (SSSR count). The number of benzene rings is 1. The first-order valence-corrected chi connectivity index (χ1v) is 9.78. The van der Waals surface area contributed by atoms with Crippen LogP contribution < -0.4 is 5.32 Å². The van der Waals surface area contributed by atoms with Gasteiger partial charge in [-0.3, -0.25) is 4.79 Å². The summed E-state index contributed by atoms with van der Waals surface area (Å²) >= 11 is 9.08. The predicted octanol–water partition coefficient (Wildman–Crippen LogP) is 4.74. The third-order valence-electron chi connectivity index (χ3n) is 4.11. The summed E-state index contributed by atoms with van der Waals surface area (Å²) in [5.74, 6) is 1.13. The summed E-state index contributed by atoms with van der Waals surface area (Å²) in [6, 6.07) is 6.05. The Balaban J connectivity index is 1.55. The standard InChI is InChI=1S/C16H19ClN2OS2/c1-10-4-2-3-5-12(10)18-15(20)9-21-16-19-13-8-11(17)6-7-14(13)22-16/h6-8,10,12H,2-5,9H2,1H3,(H,18,20)/t10-,12-/m0/s1. The van der Waals surface area contributed by atoms with Crippen LogP contribution in [0.1, 0.15) is 32.6 Å². The summed E-state index contributed by atoms with van der Waals surface area (Å²) in [6.45, 7) is 2.23. The van der Waals surface area contributed by atoms with Crippen molar-refractivity contribution >= 4 is 50.8 Å². The molecule has 0 unspecified atom stereocenters. The van der Waals surface area contributed by atoms with E-state index in [0.29, 0.717) is 22.7 Å².